The van der Waals surface area contributed by atoms with Crippen LogP contribution in [0.15, 0.2) is 36.4 Å². The number of hydrogen-bond donors (Lipinski definition) is 1. The van der Waals surface area contributed by atoms with Crippen LogP contribution in [-0.2, 0) is 0 Å². The summed E-state index contributed by atoms with van der Waals surface area (Å²) >= 11 is 0. The first-order valence-corrected chi connectivity index (χ1v) is 5.06. The van der Waals surface area contributed by atoms with Gasteiger partial charge in [0.25, 0.3) is 0 Å². The van der Waals surface area contributed by atoms with Gasteiger partial charge in [-0.1, -0.05) is 0 Å². The largest absolute Gasteiger partial charge is 0.443 e. The topological polar surface area (TPSA) is 20.2 Å². The zero-order chi connectivity index (χ0) is 13.3. The lowest BCUT2D eigenvalue weighted by atomic mass is 9.56. The van der Waals surface area contributed by atoms with Gasteiger partial charge in [-0.2, -0.15) is 0 Å². The van der Waals surface area contributed by atoms with E-state index in [0.29, 0.717) is 12.1 Å². The molecular weight excluding hydrogens is 247 g/mol. The molecule has 0 radical (unpaired) electrons. The van der Waals surface area contributed by atoms with Crippen LogP contribution in [0.2, 0.25) is 0 Å². The van der Waals surface area contributed by atoms with Gasteiger partial charge < -0.3 is 5.02 Å². The van der Waals surface area contributed by atoms with E-state index in [-0.39, 0.29) is 10.9 Å². The van der Waals surface area contributed by atoms with Crippen molar-refractivity contribution < 1.29 is 22.6 Å². The molecule has 0 saturated carbocycles. The van der Waals surface area contributed by atoms with E-state index in [1.165, 1.54) is 0 Å². The van der Waals surface area contributed by atoms with Crippen molar-refractivity contribution in [3.63, 3.8) is 0 Å². The molecule has 0 aliphatic rings. The van der Waals surface area contributed by atoms with E-state index in [0.717, 1.165) is 24.3 Å². The van der Waals surface area contributed by atoms with Crippen LogP contribution in [-0.4, -0.2) is 11.9 Å². The Hall–Kier alpha value is -1.82. The zero-order valence-corrected chi connectivity index (χ0v) is 9.00. The van der Waals surface area contributed by atoms with Crippen molar-refractivity contribution in [2.24, 2.45) is 0 Å². The molecule has 92 valence electrons. The average Bonchev–Trinajstić information content (AvgIpc) is 2.25. The van der Waals surface area contributed by atoms with Crippen LogP contribution in [0.3, 0.4) is 0 Å². The Kier molecular flexibility index (Phi) is 3.38. The molecule has 18 heavy (non-hydrogen) atoms. The molecule has 0 aliphatic heterocycles. The Morgan fingerprint density at radius 1 is 0.611 bits per heavy atom. The van der Waals surface area contributed by atoms with Crippen LogP contribution >= 0.6 is 0 Å². The van der Waals surface area contributed by atoms with Crippen molar-refractivity contribution in [1.29, 1.82) is 0 Å². The van der Waals surface area contributed by atoms with E-state index in [4.69, 9.17) is 0 Å². The molecule has 0 spiro atoms. The standard InChI is InChI=1S/C12H7BF4O/c14-9-1-7(2-10(15)5-9)13(18)8-3-11(16)6-12(17)4-8/h1-6,18H. The van der Waals surface area contributed by atoms with Crippen molar-refractivity contribution in [2.45, 2.75) is 0 Å². The molecule has 0 unspecified atom stereocenters. The molecule has 6 heteroatoms. The Balaban J connectivity index is 2.43. The summed E-state index contributed by atoms with van der Waals surface area (Å²) in [7, 11) is 0. The van der Waals surface area contributed by atoms with E-state index in [1.54, 1.807) is 0 Å². The fraction of sp³-hybridized carbons (Fsp3) is 0. The predicted octanol–water partition coefficient (Wildman–Crippen LogP) is 1.34. The molecule has 0 saturated heterocycles. The van der Waals surface area contributed by atoms with Crippen LogP contribution in [0.25, 0.3) is 0 Å². The normalized spacial score (nSPS) is 10.5. The second-order valence-corrected chi connectivity index (χ2v) is 3.81. The Morgan fingerprint density at radius 2 is 0.889 bits per heavy atom. The van der Waals surface area contributed by atoms with Gasteiger partial charge in [0.05, 0.1) is 0 Å². The molecule has 0 aliphatic carbocycles. The minimum Gasteiger partial charge on any atom is -0.443 e. The quantitative estimate of drug-likeness (QED) is 0.633. The lowest BCUT2D eigenvalue weighted by Gasteiger charge is -2.08. The third-order valence-electron chi connectivity index (χ3n) is 2.40. The summed E-state index contributed by atoms with van der Waals surface area (Å²) in [5.41, 5.74) is -0.227. The highest BCUT2D eigenvalue weighted by atomic mass is 19.1. The third-order valence-corrected chi connectivity index (χ3v) is 2.40. The molecule has 1 N–H and O–H groups in total. The van der Waals surface area contributed by atoms with Crippen LogP contribution in [0.5, 0.6) is 0 Å². The third kappa shape index (κ3) is 2.71. The first-order chi connectivity index (χ1) is 8.45. The van der Waals surface area contributed by atoms with E-state index < -0.39 is 30.2 Å². The van der Waals surface area contributed by atoms with Crippen molar-refractivity contribution in [1.82, 2.24) is 0 Å². The van der Waals surface area contributed by atoms with E-state index in [2.05, 4.69) is 0 Å². The van der Waals surface area contributed by atoms with Gasteiger partial charge in [-0.3, -0.25) is 0 Å². The number of halogens is 4. The summed E-state index contributed by atoms with van der Waals surface area (Å²) in [5.74, 6) is -3.50. The molecule has 2 aromatic carbocycles. The molecule has 0 heterocycles. The number of hydrogen-bond acceptors (Lipinski definition) is 1. The highest BCUT2D eigenvalue weighted by molar-refractivity contribution is 6.78. The molecule has 0 bridgehead atoms. The first-order valence-electron chi connectivity index (χ1n) is 5.06. The maximum absolute atomic E-state index is 13.0. The fourth-order valence-corrected chi connectivity index (χ4v) is 1.66. The van der Waals surface area contributed by atoms with Crippen LogP contribution in [0.4, 0.5) is 17.6 Å². The molecule has 1 nitrogen and oxygen atoms in total. The first kappa shape index (κ1) is 12.6. The van der Waals surface area contributed by atoms with Gasteiger partial charge in [-0.25, -0.2) is 17.6 Å². The van der Waals surface area contributed by atoms with Crippen molar-refractivity contribution in [3.05, 3.63) is 59.7 Å². The monoisotopic (exact) mass is 254 g/mol. The summed E-state index contributed by atoms with van der Waals surface area (Å²) in [6.45, 7) is -1.50. The zero-order valence-electron chi connectivity index (χ0n) is 9.00. The molecular formula is C12H7BF4O. The van der Waals surface area contributed by atoms with E-state index in [1.807, 2.05) is 0 Å². The molecule has 0 atom stereocenters. The summed E-state index contributed by atoms with van der Waals surface area (Å²) in [6.07, 6.45) is 0. The molecule has 0 aromatic heterocycles. The van der Waals surface area contributed by atoms with Crippen LogP contribution in [0, 0.1) is 23.3 Å². The Morgan fingerprint density at radius 3 is 1.17 bits per heavy atom. The molecule has 2 rings (SSSR count). The van der Waals surface area contributed by atoms with Gasteiger partial charge in [0.15, 0.2) is 0 Å². The maximum Gasteiger partial charge on any atom is 0.359 e. The van der Waals surface area contributed by atoms with Crippen LogP contribution < -0.4 is 10.9 Å². The van der Waals surface area contributed by atoms with E-state index >= 15 is 0 Å². The van der Waals surface area contributed by atoms with Crippen LogP contribution in [0.1, 0.15) is 0 Å². The van der Waals surface area contributed by atoms with Crippen molar-refractivity contribution in [3.8, 4) is 0 Å². The number of benzene rings is 2. The second kappa shape index (κ2) is 4.82. The van der Waals surface area contributed by atoms with Crippen molar-refractivity contribution in [2.75, 3.05) is 0 Å². The minimum absolute atomic E-state index is 0.113. The SMILES string of the molecule is OB(c1cc(F)cc(F)c1)c1cc(F)cc(F)c1. The molecule has 2 aromatic rings. The lowest BCUT2D eigenvalue weighted by Crippen LogP contribution is -2.43. The molecule has 0 amide bonds. The second-order valence-electron chi connectivity index (χ2n) is 3.81. The lowest BCUT2D eigenvalue weighted by molar-refractivity contribution is 0.575. The highest BCUT2D eigenvalue weighted by Crippen LogP contribution is 2.03. The predicted molar refractivity (Wildman–Crippen MR) is 60.0 cm³/mol. The maximum atomic E-state index is 13.0. The van der Waals surface area contributed by atoms with Gasteiger partial charge in [0, 0.05) is 12.1 Å². The van der Waals surface area contributed by atoms with Gasteiger partial charge in [0.2, 0.25) is 0 Å². The Labute approximate surface area is 101 Å². The van der Waals surface area contributed by atoms with Gasteiger partial charge in [0.1, 0.15) is 23.3 Å². The summed E-state index contributed by atoms with van der Waals surface area (Å²) in [5, 5.41) is 9.82. The van der Waals surface area contributed by atoms with Crippen molar-refractivity contribution >= 4 is 17.8 Å². The minimum atomic E-state index is -1.50. The van der Waals surface area contributed by atoms with Gasteiger partial charge >= 0.3 is 6.92 Å². The summed E-state index contributed by atoms with van der Waals surface area (Å²) in [6, 6.07) is 4.88. The summed E-state index contributed by atoms with van der Waals surface area (Å²) < 4.78 is 51.9. The fourth-order valence-electron chi connectivity index (χ4n) is 1.66. The average molecular weight is 254 g/mol. The smallest absolute Gasteiger partial charge is 0.359 e. The number of rotatable bonds is 2. The summed E-state index contributed by atoms with van der Waals surface area (Å²) in [4.78, 5) is 0. The highest BCUT2D eigenvalue weighted by Gasteiger charge is 2.20. The van der Waals surface area contributed by atoms with E-state index in [9.17, 15) is 22.6 Å². The Bertz CT molecular complexity index is 496. The van der Waals surface area contributed by atoms with Gasteiger partial charge in [-0.05, 0) is 35.2 Å². The molecule has 0 fully saturated rings. The van der Waals surface area contributed by atoms with Gasteiger partial charge in [-0.15, -0.1) is 0 Å².